The monoisotopic (exact) mass is 228 g/mol. The predicted octanol–water partition coefficient (Wildman–Crippen LogP) is 3.09. The van der Waals surface area contributed by atoms with Crippen LogP contribution < -0.4 is 0 Å². The van der Waals surface area contributed by atoms with Crippen LogP contribution in [0.2, 0.25) is 0 Å². The molecule has 0 amide bonds. The molecular weight excluding hydrogens is 204 g/mol. The molecule has 0 saturated heterocycles. The number of carbonyl (C=O) groups is 1. The molecule has 0 N–H and O–H groups in total. The van der Waals surface area contributed by atoms with Gasteiger partial charge in [-0.25, -0.2) is 4.79 Å². The fraction of sp³-hybridized carbons (Fsp3) is 0.769. The van der Waals surface area contributed by atoms with Crippen molar-refractivity contribution in [3.8, 4) is 0 Å². The fourth-order valence-electron chi connectivity index (χ4n) is 1.38. The minimum absolute atomic E-state index is 0.225. The molecule has 3 heteroatoms. The van der Waals surface area contributed by atoms with E-state index in [-0.39, 0.29) is 5.97 Å². The van der Waals surface area contributed by atoms with E-state index in [0.717, 1.165) is 31.3 Å². The Kier molecular flexibility index (Phi) is 8.91. The largest absolute Gasteiger partial charge is 0.462 e. The molecule has 0 bridgehead atoms. The molecule has 0 aliphatic rings. The van der Waals surface area contributed by atoms with E-state index < -0.39 is 0 Å². The first-order valence-electron chi connectivity index (χ1n) is 6.02. The van der Waals surface area contributed by atoms with Crippen LogP contribution in [0.4, 0.5) is 0 Å². The van der Waals surface area contributed by atoms with E-state index in [9.17, 15) is 4.79 Å². The van der Waals surface area contributed by atoms with Gasteiger partial charge in [-0.15, -0.1) is 0 Å². The van der Waals surface area contributed by atoms with Crippen LogP contribution in [0, 0.1) is 0 Å². The standard InChI is InChI=1S/C13H24O3/c1-5-7-8-11(3)12(10-15-4)13(14)16-9-6-2/h5-10H2,1-4H3. The number of ether oxygens (including phenoxy) is 2. The van der Waals surface area contributed by atoms with Crippen molar-refractivity contribution in [3.05, 3.63) is 11.1 Å². The highest BCUT2D eigenvalue weighted by atomic mass is 16.5. The summed E-state index contributed by atoms with van der Waals surface area (Å²) in [5, 5.41) is 0. The van der Waals surface area contributed by atoms with Crippen LogP contribution in [-0.4, -0.2) is 26.3 Å². The Hall–Kier alpha value is -0.830. The lowest BCUT2D eigenvalue weighted by molar-refractivity contribution is -0.139. The van der Waals surface area contributed by atoms with Crippen LogP contribution in [0.3, 0.4) is 0 Å². The molecule has 0 unspecified atom stereocenters. The zero-order valence-electron chi connectivity index (χ0n) is 11.0. The quantitative estimate of drug-likeness (QED) is 0.473. The summed E-state index contributed by atoms with van der Waals surface area (Å²) in [6.07, 6.45) is 4.01. The minimum atomic E-state index is -0.225. The van der Waals surface area contributed by atoms with Gasteiger partial charge in [-0.05, 0) is 26.2 Å². The molecule has 0 aromatic rings. The first kappa shape index (κ1) is 15.2. The first-order valence-corrected chi connectivity index (χ1v) is 6.02. The Morgan fingerprint density at radius 1 is 1.19 bits per heavy atom. The van der Waals surface area contributed by atoms with Gasteiger partial charge < -0.3 is 9.47 Å². The summed E-state index contributed by atoms with van der Waals surface area (Å²) in [5.41, 5.74) is 1.77. The number of rotatable bonds is 8. The lowest BCUT2D eigenvalue weighted by atomic mass is 10.0. The van der Waals surface area contributed by atoms with Gasteiger partial charge in [-0.2, -0.15) is 0 Å². The molecular formula is C13H24O3. The van der Waals surface area contributed by atoms with Crippen LogP contribution in [0.25, 0.3) is 0 Å². The lowest BCUT2D eigenvalue weighted by Gasteiger charge is -2.11. The second-order valence-corrected chi connectivity index (χ2v) is 3.93. The topological polar surface area (TPSA) is 35.5 Å². The SMILES string of the molecule is CCCCC(C)=C(COC)C(=O)OCCC. The number of unbranched alkanes of at least 4 members (excludes halogenated alkanes) is 1. The van der Waals surface area contributed by atoms with Gasteiger partial charge in [-0.1, -0.05) is 25.8 Å². The number of allylic oxidation sites excluding steroid dienone is 1. The van der Waals surface area contributed by atoms with Crippen molar-refractivity contribution < 1.29 is 14.3 Å². The van der Waals surface area contributed by atoms with Crippen molar-refractivity contribution in [1.29, 1.82) is 0 Å². The van der Waals surface area contributed by atoms with Gasteiger partial charge in [0.1, 0.15) is 0 Å². The first-order chi connectivity index (χ1) is 7.67. The maximum absolute atomic E-state index is 11.7. The molecule has 16 heavy (non-hydrogen) atoms. The van der Waals surface area contributed by atoms with Crippen LogP contribution in [-0.2, 0) is 14.3 Å². The Morgan fingerprint density at radius 3 is 2.38 bits per heavy atom. The summed E-state index contributed by atoms with van der Waals surface area (Å²) in [7, 11) is 1.60. The van der Waals surface area contributed by atoms with Gasteiger partial charge in [0.25, 0.3) is 0 Å². The highest BCUT2D eigenvalue weighted by Gasteiger charge is 2.13. The summed E-state index contributed by atoms with van der Waals surface area (Å²) in [6.45, 7) is 6.93. The van der Waals surface area contributed by atoms with Crippen molar-refractivity contribution in [2.45, 2.75) is 46.5 Å². The van der Waals surface area contributed by atoms with Gasteiger partial charge >= 0.3 is 5.97 Å². The predicted molar refractivity (Wildman–Crippen MR) is 65.4 cm³/mol. The van der Waals surface area contributed by atoms with Crippen molar-refractivity contribution in [2.75, 3.05) is 20.3 Å². The molecule has 94 valence electrons. The Balaban J connectivity index is 4.48. The Morgan fingerprint density at radius 2 is 1.88 bits per heavy atom. The zero-order valence-corrected chi connectivity index (χ0v) is 11.0. The van der Waals surface area contributed by atoms with Crippen molar-refractivity contribution in [1.82, 2.24) is 0 Å². The van der Waals surface area contributed by atoms with Crippen molar-refractivity contribution in [2.24, 2.45) is 0 Å². The lowest BCUT2D eigenvalue weighted by Crippen LogP contribution is -2.14. The smallest absolute Gasteiger partial charge is 0.336 e. The van der Waals surface area contributed by atoms with Crippen LogP contribution >= 0.6 is 0 Å². The maximum Gasteiger partial charge on any atom is 0.336 e. The number of carbonyl (C=O) groups excluding carboxylic acids is 1. The van der Waals surface area contributed by atoms with Crippen molar-refractivity contribution in [3.63, 3.8) is 0 Å². The van der Waals surface area contributed by atoms with Crippen LogP contribution in [0.5, 0.6) is 0 Å². The van der Waals surface area contributed by atoms with Gasteiger partial charge in [-0.3, -0.25) is 0 Å². The summed E-state index contributed by atoms with van der Waals surface area (Å²) in [6, 6.07) is 0. The second-order valence-electron chi connectivity index (χ2n) is 3.93. The molecule has 0 radical (unpaired) electrons. The number of esters is 1. The molecule has 0 rings (SSSR count). The van der Waals surface area contributed by atoms with Gasteiger partial charge in [0, 0.05) is 7.11 Å². The molecule has 3 nitrogen and oxygen atoms in total. The highest BCUT2D eigenvalue weighted by Crippen LogP contribution is 2.14. The molecule has 0 fully saturated rings. The molecule has 0 aliphatic carbocycles. The normalized spacial score (nSPS) is 12.2. The Bertz CT molecular complexity index is 231. The third kappa shape index (κ3) is 5.91. The van der Waals surface area contributed by atoms with Gasteiger partial charge in [0.2, 0.25) is 0 Å². The van der Waals surface area contributed by atoms with Crippen LogP contribution in [0.15, 0.2) is 11.1 Å². The average molecular weight is 228 g/mol. The second kappa shape index (κ2) is 9.40. The summed E-state index contributed by atoms with van der Waals surface area (Å²) < 4.78 is 10.2. The van der Waals surface area contributed by atoms with Crippen molar-refractivity contribution >= 4 is 5.97 Å². The summed E-state index contributed by atoms with van der Waals surface area (Å²) in [4.78, 5) is 11.7. The van der Waals surface area contributed by atoms with E-state index in [2.05, 4.69) is 6.92 Å². The maximum atomic E-state index is 11.7. The third-order valence-electron chi connectivity index (χ3n) is 2.39. The highest BCUT2D eigenvalue weighted by molar-refractivity contribution is 5.89. The molecule has 0 aliphatic heterocycles. The van der Waals surface area contributed by atoms with E-state index in [1.165, 1.54) is 0 Å². The van der Waals surface area contributed by atoms with Crippen LogP contribution in [0.1, 0.15) is 46.5 Å². The van der Waals surface area contributed by atoms with Gasteiger partial charge in [0.05, 0.1) is 18.8 Å². The van der Waals surface area contributed by atoms with Gasteiger partial charge in [0.15, 0.2) is 0 Å². The summed E-state index contributed by atoms with van der Waals surface area (Å²) >= 11 is 0. The minimum Gasteiger partial charge on any atom is -0.462 e. The fourth-order valence-corrected chi connectivity index (χ4v) is 1.38. The number of hydrogen-bond donors (Lipinski definition) is 0. The molecule has 0 heterocycles. The third-order valence-corrected chi connectivity index (χ3v) is 2.39. The summed E-state index contributed by atoms with van der Waals surface area (Å²) in [5.74, 6) is -0.225. The van der Waals surface area contributed by atoms with E-state index in [1.807, 2.05) is 13.8 Å². The average Bonchev–Trinajstić information content (AvgIpc) is 2.29. The molecule has 0 atom stereocenters. The van der Waals surface area contributed by atoms with E-state index in [1.54, 1.807) is 7.11 Å². The molecule has 0 aromatic heterocycles. The molecule has 0 spiro atoms. The number of methoxy groups -OCH3 is 1. The van der Waals surface area contributed by atoms with E-state index in [4.69, 9.17) is 9.47 Å². The Labute approximate surface area is 98.8 Å². The molecule has 0 aromatic carbocycles. The number of hydrogen-bond acceptors (Lipinski definition) is 3. The van der Waals surface area contributed by atoms with E-state index >= 15 is 0 Å². The van der Waals surface area contributed by atoms with E-state index in [0.29, 0.717) is 18.8 Å². The molecule has 0 saturated carbocycles. The zero-order chi connectivity index (χ0) is 12.4.